The predicted molar refractivity (Wildman–Crippen MR) is 124 cm³/mol. The number of carbonyl (C=O) groups is 2. The van der Waals surface area contributed by atoms with Gasteiger partial charge in [0.2, 0.25) is 0 Å². The fraction of sp³-hybridized carbons (Fsp3) is 0.0870. The number of aromatic hydroxyl groups is 1. The van der Waals surface area contributed by atoms with E-state index in [9.17, 15) is 14.7 Å². The Bertz CT molecular complexity index is 1130. The number of amides is 2. The van der Waals surface area contributed by atoms with Crippen LogP contribution in [0.2, 0.25) is 0 Å². The molecule has 0 spiro atoms. The lowest BCUT2D eigenvalue weighted by molar-refractivity contribution is -0.118. The number of hydrogen-bond acceptors (Lipinski definition) is 6. The van der Waals surface area contributed by atoms with E-state index >= 15 is 0 Å². The fourth-order valence-electron chi connectivity index (χ4n) is 2.65. The highest BCUT2D eigenvalue weighted by Crippen LogP contribution is 2.23. The van der Waals surface area contributed by atoms with Gasteiger partial charge in [-0.25, -0.2) is 5.43 Å². The normalized spacial score (nSPS) is 10.6. The van der Waals surface area contributed by atoms with Crippen LogP contribution in [0.5, 0.6) is 17.2 Å². The van der Waals surface area contributed by atoms with Gasteiger partial charge in [-0.3, -0.25) is 9.59 Å². The number of phenolic OH excluding ortho intramolecular Hbond substituents is 1. The van der Waals surface area contributed by atoms with Crippen molar-refractivity contribution in [3.05, 3.63) is 82.3 Å². The van der Waals surface area contributed by atoms with Crippen LogP contribution in [0.4, 0.5) is 5.69 Å². The molecular weight excluding hydrogens is 478 g/mol. The van der Waals surface area contributed by atoms with Gasteiger partial charge in [0, 0.05) is 4.47 Å². The lowest BCUT2D eigenvalue weighted by atomic mass is 10.2. The van der Waals surface area contributed by atoms with Gasteiger partial charge in [-0.2, -0.15) is 5.10 Å². The quantitative estimate of drug-likeness (QED) is 0.322. The smallest absolute Gasteiger partial charge is 0.275 e. The Morgan fingerprint density at radius 3 is 2.59 bits per heavy atom. The molecule has 0 aliphatic rings. The van der Waals surface area contributed by atoms with Crippen molar-refractivity contribution in [1.29, 1.82) is 0 Å². The molecule has 8 nitrogen and oxygen atoms in total. The molecule has 3 aromatic rings. The number of anilines is 1. The van der Waals surface area contributed by atoms with Crippen LogP contribution in [0.1, 0.15) is 15.9 Å². The Morgan fingerprint density at radius 1 is 1.09 bits per heavy atom. The predicted octanol–water partition coefficient (Wildman–Crippen LogP) is 3.94. The maximum absolute atomic E-state index is 12.1. The van der Waals surface area contributed by atoms with Crippen molar-refractivity contribution < 1.29 is 24.2 Å². The first-order chi connectivity index (χ1) is 15.5. The van der Waals surface area contributed by atoms with Crippen LogP contribution in [-0.2, 0) is 4.79 Å². The summed E-state index contributed by atoms with van der Waals surface area (Å²) in [6.45, 7) is -0.169. The highest BCUT2D eigenvalue weighted by atomic mass is 79.9. The number of para-hydroxylation sites is 2. The fourth-order valence-corrected chi connectivity index (χ4v) is 3.01. The van der Waals surface area contributed by atoms with Gasteiger partial charge in [0.15, 0.2) is 6.61 Å². The molecule has 0 aliphatic heterocycles. The average Bonchev–Trinajstić information content (AvgIpc) is 2.80. The maximum Gasteiger partial charge on any atom is 0.275 e. The first-order valence-electron chi connectivity index (χ1n) is 9.44. The molecule has 2 amide bonds. The first kappa shape index (κ1) is 22.8. The van der Waals surface area contributed by atoms with Crippen molar-refractivity contribution in [3.8, 4) is 17.2 Å². The average molecular weight is 498 g/mol. The topological polar surface area (TPSA) is 109 Å². The van der Waals surface area contributed by atoms with Crippen LogP contribution in [0, 0.1) is 0 Å². The van der Waals surface area contributed by atoms with Gasteiger partial charge in [-0.15, -0.1) is 0 Å². The highest BCUT2D eigenvalue weighted by molar-refractivity contribution is 9.10. The molecule has 0 heterocycles. The van der Waals surface area contributed by atoms with Gasteiger partial charge >= 0.3 is 0 Å². The minimum absolute atomic E-state index is 0.103. The van der Waals surface area contributed by atoms with Gasteiger partial charge in [0.05, 0.1) is 24.6 Å². The first-order valence-corrected chi connectivity index (χ1v) is 10.2. The van der Waals surface area contributed by atoms with Crippen LogP contribution < -0.4 is 20.2 Å². The SMILES string of the molecule is COc1ccccc1NC(=O)COc1ccc(/C=N\NC(=O)c2cc(Br)ccc2O)cc1. The number of nitrogens with one attached hydrogen (secondary N) is 2. The number of methoxy groups -OCH3 is 1. The number of phenols is 1. The summed E-state index contributed by atoms with van der Waals surface area (Å²) in [6, 6.07) is 18.4. The minimum atomic E-state index is -0.541. The molecule has 3 N–H and O–H groups in total. The number of rotatable bonds is 8. The summed E-state index contributed by atoms with van der Waals surface area (Å²) in [7, 11) is 1.53. The van der Waals surface area contributed by atoms with Crippen molar-refractivity contribution in [1.82, 2.24) is 5.43 Å². The second kappa shape index (κ2) is 11.0. The molecule has 164 valence electrons. The molecule has 0 saturated carbocycles. The van der Waals surface area contributed by atoms with Gasteiger partial charge < -0.3 is 19.9 Å². The van der Waals surface area contributed by atoms with E-state index in [2.05, 4.69) is 31.8 Å². The molecule has 9 heteroatoms. The van der Waals surface area contributed by atoms with Crippen molar-refractivity contribution in [2.24, 2.45) is 5.10 Å². The lowest BCUT2D eigenvalue weighted by Gasteiger charge is -2.10. The molecule has 0 fully saturated rings. The van der Waals surface area contributed by atoms with E-state index in [0.717, 1.165) is 0 Å². The Kier molecular flexibility index (Phi) is 7.82. The van der Waals surface area contributed by atoms with Crippen molar-refractivity contribution in [2.45, 2.75) is 0 Å². The standard InChI is InChI=1S/C23H20BrN3O5/c1-31-21-5-3-2-4-19(21)26-22(29)14-32-17-9-6-15(7-10-17)13-25-27-23(30)18-12-16(24)8-11-20(18)28/h2-13,28H,14H2,1H3,(H,26,29)(H,27,30)/b25-13-. The largest absolute Gasteiger partial charge is 0.507 e. The van der Waals surface area contributed by atoms with Gasteiger partial charge in [0.25, 0.3) is 11.8 Å². The van der Waals surface area contributed by atoms with Crippen LogP contribution in [-0.4, -0.2) is 36.9 Å². The zero-order valence-electron chi connectivity index (χ0n) is 17.0. The molecule has 3 aromatic carbocycles. The molecule has 3 rings (SSSR count). The Hall–Kier alpha value is -3.85. The molecule has 0 unspecified atom stereocenters. The monoisotopic (exact) mass is 497 g/mol. The molecule has 0 bridgehead atoms. The zero-order valence-corrected chi connectivity index (χ0v) is 18.6. The van der Waals surface area contributed by atoms with E-state index in [4.69, 9.17) is 9.47 Å². The van der Waals surface area contributed by atoms with E-state index < -0.39 is 5.91 Å². The second-order valence-electron chi connectivity index (χ2n) is 6.47. The van der Waals surface area contributed by atoms with Gasteiger partial charge in [-0.05, 0) is 60.2 Å². The summed E-state index contributed by atoms with van der Waals surface area (Å²) in [4.78, 5) is 24.2. The summed E-state index contributed by atoms with van der Waals surface area (Å²) in [5, 5.41) is 16.4. The molecule has 0 aromatic heterocycles. The Balaban J connectivity index is 1.50. The molecule has 0 atom stereocenters. The summed E-state index contributed by atoms with van der Waals surface area (Å²) in [6.07, 6.45) is 1.45. The van der Waals surface area contributed by atoms with E-state index in [0.29, 0.717) is 27.2 Å². The van der Waals surface area contributed by atoms with E-state index in [-0.39, 0.29) is 23.8 Å². The molecule has 32 heavy (non-hydrogen) atoms. The number of carbonyl (C=O) groups excluding carboxylic acids is 2. The summed E-state index contributed by atoms with van der Waals surface area (Å²) >= 11 is 3.25. The van der Waals surface area contributed by atoms with Crippen molar-refractivity contribution >= 4 is 39.6 Å². The van der Waals surface area contributed by atoms with Crippen LogP contribution in [0.15, 0.2) is 76.3 Å². The second-order valence-corrected chi connectivity index (χ2v) is 7.38. The minimum Gasteiger partial charge on any atom is -0.507 e. The zero-order chi connectivity index (χ0) is 22.9. The summed E-state index contributed by atoms with van der Waals surface area (Å²) in [5.41, 5.74) is 3.73. The maximum atomic E-state index is 12.1. The number of nitrogens with zero attached hydrogens (tertiary/aromatic N) is 1. The Labute approximate surface area is 193 Å². The molecule has 0 saturated heterocycles. The number of benzene rings is 3. The third-order valence-corrected chi connectivity index (χ3v) is 4.71. The van der Waals surface area contributed by atoms with Gasteiger partial charge in [-0.1, -0.05) is 28.1 Å². The van der Waals surface area contributed by atoms with Crippen LogP contribution >= 0.6 is 15.9 Å². The molecule has 0 radical (unpaired) electrons. The van der Waals surface area contributed by atoms with Crippen LogP contribution in [0.25, 0.3) is 0 Å². The van der Waals surface area contributed by atoms with E-state index in [1.165, 1.54) is 25.5 Å². The number of halogens is 1. The third kappa shape index (κ3) is 6.32. The summed E-state index contributed by atoms with van der Waals surface area (Å²) in [5.74, 6) is 0.0592. The number of ether oxygens (including phenoxy) is 2. The lowest BCUT2D eigenvalue weighted by Crippen LogP contribution is -2.20. The van der Waals surface area contributed by atoms with Crippen LogP contribution in [0.3, 0.4) is 0 Å². The number of hydrogen-bond donors (Lipinski definition) is 3. The molecular formula is C23H20BrN3O5. The van der Waals surface area contributed by atoms with E-state index in [1.54, 1.807) is 48.5 Å². The van der Waals surface area contributed by atoms with Crippen molar-refractivity contribution in [3.63, 3.8) is 0 Å². The number of hydrazone groups is 1. The highest BCUT2D eigenvalue weighted by Gasteiger charge is 2.11. The third-order valence-electron chi connectivity index (χ3n) is 4.21. The van der Waals surface area contributed by atoms with E-state index in [1.807, 2.05) is 6.07 Å². The van der Waals surface area contributed by atoms with Crippen molar-refractivity contribution in [2.75, 3.05) is 19.0 Å². The van der Waals surface area contributed by atoms with Gasteiger partial charge in [0.1, 0.15) is 17.2 Å². The summed E-state index contributed by atoms with van der Waals surface area (Å²) < 4.78 is 11.4. The Morgan fingerprint density at radius 2 is 1.84 bits per heavy atom. The molecule has 0 aliphatic carbocycles.